The van der Waals surface area contributed by atoms with Gasteiger partial charge in [0.2, 0.25) is 10.0 Å². The van der Waals surface area contributed by atoms with Crippen LogP contribution in [0.5, 0.6) is 0 Å². The third-order valence-electron chi connectivity index (χ3n) is 5.57. The van der Waals surface area contributed by atoms with Gasteiger partial charge in [-0.25, -0.2) is 13.4 Å². The first kappa shape index (κ1) is 22.6. The lowest BCUT2D eigenvalue weighted by molar-refractivity contribution is 0.607. The van der Waals surface area contributed by atoms with E-state index in [1.807, 2.05) is 60.7 Å². The Kier molecular flexibility index (Phi) is 6.16. The standard InChI is InChI=1S/C28H24N4O2S/c1-35(33,34)32-23-14-7-11-21(17-23)26-18-22-12-8-15-25(20-9-3-2-4-10-20)27(22)28(31-26)30-19-24-13-5-6-16-29-24/h2-18,32H,19H2,1H3,(H,30,31). The summed E-state index contributed by atoms with van der Waals surface area (Å²) in [5.74, 6) is 0.740. The van der Waals surface area contributed by atoms with E-state index in [0.717, 1.165) is 50.9 Å². The number of benzene rings is 3. The SMILES string of the molecule is CS(=O)(=O)Nc1cccc(-c2cc3cccc(-c4ccccc4)c3c(NCc3ccccn3)n2)c1. The van der Waals surface area contributed by atoms with Gasteiger partial charge in [-0.15, -0.1) is 0 Å². The van der Waals surface area contributed by atoms with Crippen LogP contribution >= 0.6 is 0 Å². The summed E-state index contributed by atoms with van der Waals surface area (Å²) in [5.41, 5.74) is 5.14. The van der Waals surface area contributed by atoms with Gasteiger partial charge in [0.15, 0.2) is 0 Å². The summed E-state index contributed by atoms with van der Waals surface area (Å²) in [5, 5.41) is 5.54. The number of nitrogens with zero attached hydrogens (tertiary/aromatic N) is 2. The molecule has 0 atom stereocenters. The number of pyridine rings is 2. The van der Waals surface area contributed by atoms with E-state index in [1.165, 1.54) is 0 Å². The number of sulfonamides is 1. The summed E-state index contributed by atoms with van der Waals surface area (Å²) in [6.07, 6.45) is 2.91. The monoisotopic (exact) mass is 480 g/mol. The molecule has 0 aliphatic carbocycles. The van der Waals surface area contributed by atoms with Gasteiger partial charge in [0.1, 0.15) is 5.82 Å². The van der Waals surface area contributed by atoms with Crippen molar-refractivity contribution in [3.05, 3.63) is 109 Å². The fourth-order valence-corrected chi connectivity index (χ4v) is 4.63. The van der Waals surface area contributed by atoms with Gasteiger partial charge in [-0.05, 0) is 46.8 Å². The topological polar surface area (TPSA) is 84.0 Å². The Morgan fingerprint density at radius 2 is 1.57 bits per heavy atom. The molecule has 0 aliphatic heterocycles. The zero-order valence-electron chi connectivity index (χ0n) is 19.1. The van der Waals surface area contributed by atoms with Crippen LogP contribution in [0.1, 0.15) is 5.69 Å². The molecule has 5 aromatic rings. The molecule has 0 spiro atoms. The van der Waals surface area contributed by atoms with Crippen LogP contribution in [-0.2, 0) is 16.6 Å². The van der Waals surface area contributed by atoms with Crippen molar-refractivity contribution in [1.29, 1.82) is 0 Å². The summed E-state index contributed by atoms with van der Waals surface area (Å²) in [6.45, 7) is 0.519. The van der Waals surface area contributed by atoms with Crippen molar-refractivity contribution < 1.29 is 8.42 Å². The average molecular weight is 481 g/mol. The highest BCUT2D eigenvalue weighted by atomic mass is 32.2. The van der Waals surface area contributed by atoms with Crippen molar-refractivity contribution in [1.82, 2.24) is 9.97 Å². The number of fused-ring (bicyclic) bond motifs is 1. The number of hydrogen-bond donors (Lipinski definition) is 2. The Balaban J connectivity index is 1.65. The maximum Gasteiger partial charge on any atom is 0.229 e. The molecule has 0 saturated heterocycles. The molecule has 5 rings (SSSR count). The molecule has 0 bridgehead atoms. The van der Waals surface area contributed by atoms with Crippen LogP contribution in [0.25, 0.3) is 33.2 Å². The smallest absolute Gasteiger partial charge is 0.229 e. The summed E-state index contributed by atoms with van der Waals surface area (Å²) in [4.78, 5) is 9.42. The second-order valence-corrected chi connectivity index (χ2v) is 10.0. The lowest BCUT2D eigenvalue weighted by Crippen LogP contribution is -2.09. The first-order valence-corrected chi connectivity index (χ1v) is 13.1. The van der Waals surface area contributed by atoms with E-state index in [1.54, 1.807) is 18.3 Å². The Hall–Kier alpha value is -4.23. The predicted molar refractivity (Wildman–Crippen MR) is 143 cm³/mol. The number of anilines is 2. The highest BCUT2D eigenvalue weighted by Gasteiger charge is 2.14. The lowest BCUT2D eigenvalue weighted by Gasteiger charge is -2.15. The van der Waals surface area contributed by atoms with Gasteiger partial charge in [-0.3, -0.25) is 9.71 Å². The Bertz CT molecular complexity index is 1590. The maximum absolute atomic E-state index is 11.7. The van der Waals surface area contributed by atoms with Crippen LogP contribution in [0.15, 0.2) is 103 Å². The van der Waals surface area contributed by atoms with Crippen molar-refractivity contribution in [2.24, 2.45) is 0 Å². The molecule has 0 saturated carbocycles. The highest BCUT2D eigenvalue weighted by Crippen LogP contribution is 2.36. The minimum Gasteiger partial charge on any atom is -0.364 e. The largest absolute Gasteiger partial charge is 0.364 e. The van der Waals surface area contributed by atoms with Gasteiger partial charge in [0.25, 0.3) is 0 Å². The molecule has 0 aliphatic rings. The maximum atomic E-state index is 11.7. The third-order valence-corrected chi connectivity index (χ3v) is 6.17. The normalized spacial score (nSPS) is 11.3. The first-order valence-electron chi connectivity index (χ1n) is 11.2. The number of aromatic nitrogens is 2. The van der Waals surface area contributed by atoms with Crippen molar-refractivity contribution >= 4 is 32.3 Å². The molecule has 2 N–H and O–H groups in total. The fourth-order valence-electron chi connectivity index (χ4n) is 4.08. The number of hydrogen-bond acceptors (Lipinski definition) is 5. The molecule has 174 valence electrons. The number of nitrogens with one attached hydrogen (secondary N) is 2. The molecule has 0 amide bonds. The summed E-state index contributed by atoms with van der Waals surface area (Å²) < 4.78 is 26.0. The van der Waals surface area contributed by atoms with Crippen molar-refractivity contribution in [2.45, 2.75) is 6.54 Å². The summed E-state index contributed by atoms with van der Waals surface area (Å²) in [6, 6.07) is 31.5. The van der Waals surface area contributed by atoms with E-state index in [9.17, 15) is 8.42 Å². The van der Waals surface area contributed by atoms with Crippen molar-refractivity contribution in [3.63, 3.8) is 0 Å². The summed E-state index contributed by atoms with van der Waals surface area (Å²) >= 11 is 0. The molecule has 3 aromatic carbocycles. The average Bonchev–Trinajstić information content (AvgIpc) is 2.87. The van der Waals surface area contributed by atoms with Crippen molar-refractivity contribution in [2.75, 3.05) is 16.3 Å². The molecular weight excluding hydrogens is 456 g/mol. The van der Waals surface area contributed by atoms with Crippen LogP contribution in [0, 0.1) is 0 Å². The van der Waals surface area contributed by atoms with Gasteiger partial charge >= 0.3 is 0 Å². The molecule has 2 heterocycles. The van der Waals surface area contributed by atoms with E-state index in [-0.39, 0.29) is 0 Å². The van der Waals surface area contributed by atoms with E-state index in [4.69, 9.17) is 4.98 Å². The second kappa shape index (κ2) is 9.56. The molecule has 2 aromatic heterocycles. The molecule has 0 fully saturated rings. The fraction of sp³-hybridized carbons (Fsp3) is 0.0714. The van der Waals surface area contributed by atoms with Crippen LogP contribution in [0.4, 0.5) is 11.5 Å². The Morgan fingerprint density at radius 3 is 2.34 bits per heavy atom. The number of rotatable bonds is 7. The molecule has 0 radical (unpaired) electrons. The third kappa shape index (κ3) is 5.31. The molecular formula is C28H24N4O2S. The quantitative estimate of drug-likeness (QED) is 0.301. The minimum atomic E-state index is -3.38. The zero-order chi connectivity index (χ0) is 24.3. The van der Waals surface area contributed by atoms with E-state index in [0.29, 0.717) is 12.2 Å². The van der Waals surface area contributed by atoms with Crippen LogP contribution < -0.4 is 10.0 Å². The van der Waals surface area contributed by atoms with Gasteiger partial charge in [-0.1, -0.05) is 66.7 Å². The molecule has 7 heteroatoms. The Morgan fingerprint density at radius 1 is 0.800 bits per heavy atom. The van der Waals surface area contributed by atoms with E-state index >= 15 is 0 Å². The van der Waals surface area contributed by atoms with Crippen LogP contribution in [0.3, 0.4) is 0 Å². The van der Waals surface area contributed by atoms with Gasteiger partial charge in [0.05, 0.1) is 24.2 Å². The molecule has 0 unspecified atom stereocenters. The van der Waals surface area contributed by atoms with Gasteiger partial charge in [-0.2, -0.15) is 0 Å². The first-order chi connectivity index (χ1) is 17.0. The second-order valence-electron chi connectivity index (χ2n) is 8.26. The Labute approximate surface area is 204 Å². The van der Waals surface area contributed by atoms with Crippen molar-refractivity contribution in [3.8, 4) is 22.4 Å². The van der Waals surface area contributed by atoms with E-state index in [2.05, 4.69) is 39.3 Å². The zero-order valence-corrected chi connectivity index (χ0v) is 20.0. The lowest BCUT2D eigenvalue weighted by atomic mass is 9.97. The van der Waals surface area contributed by atoms with Gasteiger partial charge in [0, 0.05) is 22.8 Å². The predicted octanol–water partition coefficient (Wildman–Crippen LogP) is 5.95. The highest BCUT2D eigenvalue weighted by molar-refractivity contribution is 7.92. The van der Waals surface area contributed by atoms with Crippen LogP contribution in [0.2, 0.25) is 0 Å². The van der Waals surface area contributed by atoms with Crippen LogP contribution in [-0.4, -0.2) is 24.6 Å². The molecule has 35 heavy (non-hydrogen) atoms. The summed E-state index contributed by atoms with van der Waals surface area (Å²) in [7, 11) is -3.38. The molecule has 6 nitrogen and oxygen atoms in total. The minimum absolute atomic E-state index is 0.493. The van der Waals surface area contributed by atoms with Gasteiger partial charge < -0.3 is 5.32 Å². The van der Waals surface area contributed by atoms with E-state index < -0.39 is 10.0 Å².